The van der Waals surface area contributed by atoms with Crippen LogP contribution in [0.25, 0.3) is 33.5 Å². The zero-order chi connectivity index (χ0) is 27.1. The third-order valence-electron chi connectivity index (χ3n) is 7.72. The Hall–Kier alpha value is -4.86. The molecule has 0 spiro atoms. The second kappa shape index (κ2) is 10.0. The van der Waals surface area contributed by atoms with Gasteiger partial charge in [0.15, 0.2) is 11.5 Å². The van der Waals surface area contributed by atoms with Gasteiger partial charge < -0.3 is 19.6 Å². The van der Waals surface area contributed by atoms with Gasteiger partial charge in [0.2, 0.25) is 5.91 Å². The second-order valence-electron chi connectivity index (χ2n) is 10.4. The molecule has 40 heavy (non-hydrogen) atoms. The lowest BCUT2D eigenvalue weighted by atomic mass is 9.88. The lowest BCUT2D eigenvalue weighted by Crippen LogP contribution is -2.27. The average Bonchev–Trinajstić information content (AvgIpc) is 3.68. The molecule has 200 valence electrons. The Kier molecular flexibility index (Phi) is 6.07. The van der Waals surface area contributed by atoms with Crippen molar-refractivity contribution in [3.63, 3.8) is 0 Å². The minimum atomic E-state index is 0.0703. The Morgan fingerprint density at radius 2 is 1.95 bits per heavy atom. The molecule has 2 aliphatic rings. The zero-order valence-electron chi connectivity index (χ0n) is 22.1. The molecule has 1 aliphatic carbocycles. The molecule has 0 saturated heterocycles. The molecule has 5 aromatic heterocycles. The Bertz CT molecular complexity index is 1730. The van der Waals surface area contributed by atoms with Crippen LogP contribution in [-0.4, -0.2) is 50.3 Å². The monoisotopic (exact) mass is 532 g/mol. The minimum absolute atomic E-state index is 0.0703. The first-order valence-electron chi connectivity index (χ1n) is 13.5. The number of aliphatic imine (C=N–C) groups is 1. The fraction of sp³-hybridized carbons (Fsp3) is 0.267. The minimum Gasteiger partial charge on any atom is -0.472 e. The van der Waals surface area contributed by atoms with E-state index in [0.717, 1.165) is 70.5 Å². The summed E-state index contributed by atoms with van der Waals surface area (Å²) in [6, 6.07) is 7.78. The maximum Gasteiger partial charge on any atom is 0.227 e. The molecule has 1 saturated carbocycles. The number of rotatable bonds is 5. The summed E-state index contributed by atoms with van der Waals surface area (Å²) in [6.45, 7) is 0.479. The number of pyridine rings is 3. The predicted octanol–water partition coefficient (Wildman–Crippen LogP) is 5.44. The van der Waals surface area contributed by atoms with Crippen LogP contribution in [0, 0.1) is 5.92 Å². The summed E-state index contributed by atoms with van der Waals surface area (Å²) in [6.07, 6.45) is 15.7. The number of H-pyrrole nitrogens is 1. The molecule has 6 heterocycles. The zero-order valence-corrected chi connectivity index (χ0v) is 22.1. The molecule has 0 radical (unpaired) electrons. The van der Waals surface area contributed by atoms with Crippen LogP contribution < -0.4 is 10.2 Å². The van der Waals surface area contributed by atoms with Gasteiger partial charge in [-0.05, 0) is 37.1 Å². The molecule has 5 aromatic rings. The number of aromatic nitrogens is 5. The van der Waals surface area contributed by atoms with Gasteiger partial charge in [0.25, 0.3) is 0 Å². The van der Waals surface area contributed by atoms with Crippen molar-refractivity contribution in [1.29, 1.82) is 0 Å². The van der Waals surface area contributed by atoms with E-state index < -0.39 is 0 Å². The Labute approximate surface area is 230 Å². The third-order valence-corrected chi connectivity index (χ3v) is 7.72. The number of aromatic amines is 1. The number of imidazole rings is 1. The number of hydrogen-bond acceptors (Lipinski definition) is 8. The molecule has 1 aliphatic heterocycles. The van der Waals surface area contributed by atoms with Crippen molar-refractivity contribution in [1.82, 2.24) is 24.9 Å². The van der Waals surface area contributed by atoms with Crippen LogP contribution in [0.1, 0.15) is 43.5 Å². The summed E-state index contributed by atoms with van der Waals surface area (Å²) in [5.74, 6) is 0.777. The molecule has 10 nitrogen and oxygen atoms in total. The van der Waals surface area contributed by atoms with Crippen LogP contribution in [0.15, 0.2) is 71.0 Å². The van der Waals surface area contributed by atoms with Crippen LogP contribution in [0.4, 0.5) is 11.4 Å². The highest BCUT2D eigenvalue weighted by Crippen LogP contribution is 2.32. The lowest BCUT2D eigenvalue weighted by molar-refractivity contribution is -0.120. The summed E-state index contributed by atoms with van der Waals surface area (Å²) in [5, 5.41) is 3.07. The summed E-state index contributed by atoms with van der Waals surface area (Å²) < 4.78 is 5.30. The van der Waals surface area contributed by atoms with Crippen molar-refractivity contribution in [3.05, 3.63) is 73.0 Å². The topological polar surface area (TPSA) is 125 Å². The maximum absolute atomic E-state index is 12.8. The van der Waals surface area contributed by atoms with E-state index in [9.17, 15) is 4.79 Å². The van der Waals surface area contributed by atoms with Gasteiger partial charge >= 0.3 is 0 Å². The van der Waals surface area contributed by atoms with Crippen molar-refractivity contribution in [3.8, 4) is 22.4 Å². The van der Waals surface area contributed by atoms with Crippen LogP contribution in [0.2, 0.25) is 0 Å². The van der Waals surface area contributed by atoms with E-state index in [1.165, 1.54) is 6.42 Å². The van der Waals surface area contributed by atoms with E-state index >= 15 is 0 Å². The van der Waals surface area contributed by atoms with Gasteiger partial charge in [0, 0.05) is 47.6 Å². The van der Waals surface area contributed by atoms with Gasteiger partial charge in [-0.3, -0.25) is 19.8 Å². The van der Waals surface area contributed by atoms with E-state index in [0.29, 0.717) is 23.8 Å². The fourth-order valence-electron chi connectivity index (χ4n) is 5.58. The van der Waals surface area contributed by atoms with Crippen molar-refractivity contribution < 1.29 is 9.21 Å². The van der Waals surface area contributed by atoms with Crippen LogP contribution in [0.3, 0.4) is 0 Å². The quantitative estimate of drug-likeness (QED) is 0.309. The summed E-state index contributed by atoms with van der Waals surface area (Å²) in [5.41, 5.74) is 8.14. The number of nitrogens with zero attached hydrogens (tertiary/aromatic N) is 6. The van der Waals surface area contributed by atoms with Crippen molar-refractivity contribution in [2.75, 3.05) is 23.9 Å². The largest absolute Gasteiger partial charge is 0.472 e. The van der Waals surface area contributed by atoms with E-state index in [4.69, 9.17) is 19.4 Å². The molecule has 1 fully saturated rings. The number of fused-ring (bicyclic) bond motifs is 2. The maximum atomic E-state index is 12.8. The van der Waals surface area contributed by atoms with E-state index in [1.54, 1.807) is 31.1 Å². The van der Waals surface area contributed by atoms with Crippen LogP contribution >= 0.6 is 0 Å². The second-order valence-corrected chi connectivity index (χ2v) is 10.4. The fourth-order valence-corrected chi connectivity index (χ4v) is 5.58. The Balaban J connectivity index is 1.23. The number of hydrogen-bond donors (Lipinski definition) is 2. The number of nitrogens with one attached hydrogen (secondary N) is 2. The average molecular weight is 533 g/mol. The molecule has 0 unspecified atom stereocenters. The Morgan fingerprint density at radius 3 is 2.80 bits per heavy atom. The summed E-state index contributed by atoms with van der Waals surface area (Å²) in [4.78, 5) is 41.6. The number of furan rings is 1. The smallest absolute Gasteiger partial charge is 0.227 e. The highest BCUT2D eigenvalue weighted by molar-refractivity contribution is 6.16. The van der Waals surface area contributed by atoms with Gasteiger partial charge in [-0.2, -0.15) is 0 Å². The van der Waals surface area contributed by atoms with Crippen molar-refractivity contribution in [2.24, 2.45) is 10.9 Å². The van der Waals surface area contributed by atoms with Gasteiger partial charge in [-0.25, -0.2) is 9.97 Å². The summed E-state index contributed by atoms with van der Waals surface area (Å²) in [7, 11) is 1.99. The first kappa shape index (κ1) is 24.2. The van der Waals surface area contributed by atoms with E-state index in [-0.39, 0.29) is 11.8 Å². The number of anilines is 2. The SMILES string of the molecule is CN1CN=C(c2nc3nccc(-c4ccoc4)c3[nH]2)c2cc(-c3cncc(NC(=O)C4CCCCC4)c3)ncc21. The standard InChI is InChI=1S/C30H28N8O2/c1-38-17-34-26(29-36-27-22(19-8-10-40-16-19)7-9-32-28(27)37-29)23-12-24(33-15-25(23)38)20-11-21(14-31-13-20)35-30(39)18-5-3-2-4-6-18/h7-16,18H,2-6,17H2,1H3,(H,35,39)(H,32,36,37). The third kappa shape index (κ3) is 4.41. The van der Waals surface area contributed by atoms with Crippen molar-refractivity contribution in [2.45, 2.75) is 32.1 Å². The predicted molar refractivity (Wildman–Crippen MR) is 153 cm³/mol. The van der Waals surface area contributed by atoms with Crippen molar-refractivity contribution >= 4 is 34.2 Å². The summed E-state index contributed by atoms with van der Waals surface area (Å²) >= 11 is 0. The highest BCUT2D eigenvalue weighted by atomic mass is 16.3. The van der Waals surface area contributed by atoms with E-state index in [1.807, 2.05) is 42.4 Å². The Morgan fingerprint density at radius 1 is 1.05 bits per heavy atom. The molecule has 0 bridgehead atoms. The van der Waals surface area contributed by atoms with E-state index in [2.05, 4.69) is 20.3 Å². The van der Waals surface area contributed by atoms with Gasteiger partial charge in [-0.15, -0.1) is 0 Å². The van der Waals surface area contributed by atoms with Gasteiger partial charge in [-0.1, -0.05) is 19.3 Å². The number of amides is 1. The molecule has 7 rings (SSSR count). The first-order chi connectivity index (χ1) is 19.6. The molecule has 1 amide bonds. The molecular formula is C30H28N8O2. The normalized spacial score (nSPS) is 15.6. The van der Waals surface area contributed by atoms with Gasteiger partial charge in [0.1, 0.15) is 12.4 Å². The molecule has 2 N–H and O–H groups in total. The lowest BCUT2D eigenvalue weighted by Gasteiger charge is -2.26. The van der Waals surface area contributed by atoms with Gasteiger partial charge in [0.05, 0.1) is 47.5 Å². The highest BCUT2D eigenvalue weighted by Gasteiger charge is 2.25. The molecular weight excluding hydrogens is 504 g/mol. The molecule has 0 aromatic carbocycles. The first-order valence-corrected chi connectivity index (χ1v) is 13.5. The van der Waals surface area contributed by atoms with Crippen LogP contribution in [-0.2, 0) is 4.79 Å². The van der Waals surface area contributed by atoms with Crippen LogP contribution in [0.5, 0.6) is 0 Å². The molecule has 0 atom stereocenters. The number of carbonyl (C=O) groups excluding carboxylic acids is 1. The number of carbonyl (C=O) groups is 1. The molecule has 10 heteroatoms.